The maximum Gasteiger partial charge on any atom is 0.321 e. The molecule has 116 valence electrons. The number of hydrogen-bond acceptors (Lipinski definition) is 3. The number of carbonyl (C=O) groups is 2. The summed E-state index contributed by atoms with van der Waals surface area (Å²) in [6.45, 7) is 2.07. The Morgan fingerprint density at radius 2 is 1.95 bits per heavy atom. The molecule has 2 rings (SSSR count). The quantitative estimate of drug-likeness (QED) is 0.885. The van der Waals surface area contributed by atoms with Gasteiger partial charge in [0.25, 0.3) is 0 Å². The monoisotopic (exact) mass is 302 g/mol. The molecule has 0 radical (unpaired) electrons. The zero-order valence-electron chi connectivity index (χ0n) is 12.5. The highest BCUT2D eigenvalue weighted by atomic mass is 16.4. The number of carbonyl (C=O) groups excluding carboxylic acids is 1. The molecule has 0 saturated carbocycles. The van der Waals surface area contributed by atoms with Crippen LogP contribution in [-0.2, 0) is 4.79 Å². The van der Waals surface area contributed by atoms with Gasteiger partial charge in [-0.3, -0.25) is 4.79 Å². The summed E-state index contributed by atoms with van der Waals surface area (Å²) in [6, 6.07) is 8.81. The summed E-state index contributed by atoms with van der Waals surface area (Å²) < 4.78 is 1.75. The molecule has 2 N–H and O–H groups in total. The third-order valence-corrected chi connectivity index (χ3v) is 3.11. The van der Waals surface area contributed by atoms with Crippen LogP contribution in [0.25, 0.3) is 5.69 Å². The second-order valence-electron chi connectivity index (χ2n) is 4.94. The molecule has 0 aliphatic carbocycles. The van der Waals surface area contributed by atoms with E-state index in [2.05, 4.69) is 10.4 Å². The van der Waals surface area contributed by atoms with Gasteiger partial charge < -0.3 is 15.3 Å². The first-order valence-electron chi connectivity index (χ1n) is 6.82. The van der Waals surface area contributed by atoms with Gasteiger partial charge in [-0.2, -0.15) is 5.10 Å². The minimum absolute atomic E-state index is 0.0818. The summed E-state index contributed by atoms with van der Waals surface area (Å²) in [5.74, 6) is -0.932. The number of amides is 2. The number of aliphatic carboxylic acids is 1. The molecule has 0 unspecified atom stereocenters. The third-order valence-electron chi connectivity index (χ3n) is 3.11. The lowest BCUT2D eigenvalue weighted by Gasteiger charge is -2.17. The van der Waals surface area contributed by atoms with Crippen LogP contribution in [0.15, 0.2) is 36.5 Å². The van der Waals surface area contributed by atoms with Crippen LogP contribution in [0.5, 0.6) is 0 Å². The van der Waals surface area contributed by atoms with Crippen molar-refractivity contribution in [3.05, 3.63) is 42.2 Å². The second kappa shape index (κ2) is 6.75. The molecule has 7 heteroatoms. The Bertz CT molecular complexity index is 664. The lowest BCUT2D eigenvalue weighted by Crippen LogP contribution is -2.33. The smallest absolute Gasteiger partial charge is 0.321 e. The van der Waals surface area contributed by atoms with E-state index in [4.69, 9.17) is 5.11 Å². The van der Waals surface area contributed by atoms with Crippen LogP contribution in [0, 0.1) is 6.92 Å². The summed E-state index contributed by atoms with van der Waals surface area (Å²) in [5.41, 5.74) is 2.46. The molecule has 0 atom stereocenters. The molecule has 7 nitrogen and oxygen atoms in total. The van der Waals surface area contributed by atoms with Crippen molar-refractivity contribution in [2.75, 3.05) is 18.9 Å². The molecular formula is C15H18N4O3. The fraction of sp³-hybridized carbons (Fsp3) is 0.267. The first-order valence-corrected chi connectivity index (χ1v) is 6.82. The molecule has 0 saturated heterocycles. The topological polar surface area (TPSA) is 87.5 Å². The first-order chi connectivity index (χ1) is 10.5. The molecule has 1 aromatic heterocycles. The summed E-state index contributed by atoms with van der Waals surface area (Å²) in [4.78, 5) is 23.7. The van der Waals surface area contributed by atoms with Crippen LogP contribution in [0.2, 0.25) is 0 Å². The molecule has 0 aliphatic heterocycles. The Morgan fingerprint density at radius 3 is 2.50 bits per heavy atom. The molecular weight excluding hydrogens is 284 g/mol. The van der Waals surface area contributed by atoms with Crippen LogP contribution in [0.1, 0.15) is 12.1 Å². The first kappa shape index (κ1) is 15.6. The van der Waals surface area contributed by atoms with Gasteiger partial charge in [-0.25, -0.2) is 9.48 Å². The van der Waals surface area contributed by atoms with Crippen molar-refractivity contribution in [2.45, 2.75) is 13.3 Å². The van der Waals surface area contributed by atoms with Crippen molar-refractivity contribution in [2.24, 2.45) is 0 Å². The minimum Gasteiger partial charge on any atom is -0.481 e. The van der Waals surface area contributed by atoms with Crippen LogP contribution >= 0.6 is 0 Å². The third kappa shape index (κ3) is 4.08. The normalized spacial score (nSPS) is 10.3. The highest BCUT2D eigenvalue weighted by Crippen LogP contribution is 2.13. The van der Waals surface area contributed by atoms with Gasteiger partial charge >= 0.3 is 12.0 Å². The average molecular weight is 302 g/mol. The molecule has 0 spiro atoms. The van der Waals surface area contributed by atoms with E-state index < -0.39 is 5.97 Å². The number of benzene rings is 1. The number of rotatable bonds is 5. The number of nitrogens with zero attached hydrogens (tertiary/aromatic N) is 3. The van der Waals surface area contributed by atoms with Gasteiger partial charge in [0, 0.05) is 25.5 Å². The van der Waals surface area contributed by atoms with E-state index in [0.717, 1.165) is 11.4 Å². The Kier molecular flexibility index (Phi) is 4.77. The van der Waals surface area contributed by atoms with Crippen molar-refractivity contribution >= 4 is 17.7 Å². The summed E-state index contributed by atoms with van der Waals surface area (Å²) >= 11 is 0. The van der Waals surface area contributed by atoms with Gasteiger partial charge in [0.15, 0.2) is 0 Å². The van der Waals surface area contributed by atoms with Crippen molar-refractivity contribution in [3.63, 3.8) is 0 Å². The Labute approximate surface area is 128 Å². The van der Waals surface area contributed by atoms with E-state index in [1.165, 1.54) is 4.90 Å². The summed E-state index contributed by atoms with van der Waals surface area (Å²) in [5, 5.41) is 15.6. The molecule has 0 aliphatic rings. The largest absolute Gasteiger partial charge is 0.481 e. The molecule has 0 fully saturated rings. The predicted octanol–water partition coefficient (Wildman–Crippen LogP) is 2.12. The molecule has 22 heavy (non-hydrogen) atoms. The van der Waals surface area contributed by atoms with Gasteiger partial charge in [-0.15, -0.1) is 0 Å². The average Bonchev–Trinajstić information content (AvgIpc) is 2.92. The highest BCUT2D eigenvalue weighted by molar-refractivity contribution is 5.89. The lowest BCUT2D eigenvalue weighted by atomic mass is 10.3. The number of anilines is 1. The number of urea groups is 1. The molecule has 1 aromatic carbocycles. The van der Waals surface area contributed by atoms with Crippen molar-refractivity contribution in [3.8, 4) is 5.69 Å². The van der Waals surface area contributed by atoms with E-state index >= 15 is 0 Å². The summed E-state index contributed by atoms with van der Waals surface area (Å²) in [7, 11) is 1.55. The van der Waals surface area contributed by atoms with Gasteiger partial charge in [0.2, 0.25) is 0 Å². The number of carboxylic acid groups (broad SMARTS) is 1. The number of nitrogens with one attached hydrogen (secondary N) is 1. The van der Waals surface area contributed by atoms with E-state index in [1.807, 2.05) is 31.3 Å². The highest BCUT2D eigenvalue weighted by Gasteiger charge is 2.10. The van der Waals surface area contributed by atoms with Crippen LogP contribution in [0.3, 0.4) is 0 Å². The van der Waals surface area contributed by atoms with Crippen LogP contribution in [0.4, 0.5) is 10.5 Å². The molecule has 0 bridgehead atoms. The number of hydrogen-bond donors (Lipinski definition) is 2. The Balaban J connectivity index is 1.96. The van der Waals surface area contributed by atoms with Crippen LogP contribution < -0.4 is 5.32 Å². The summed E-state index contributed by atoms with van der Waals surface area (Å²) in [6.07, 6.45) is 1.78. The van der Waals surface area contributed by atoms with Gasteiger partial charge in [-0.05, 0) is 37.3 Å². The fourth-order valence-corrected chi connectivity index (χ4v) is 1.84. The predicted molar refractivity (Wildman–Crippen MR) is 82.2 cm³/mol. The van der Waals surface area contributed by atoms with Crippen molar-refractivity contribution in [1.29, 1.82) is 0 Å². The van der Waals surface area contributed by atoms with E-state index in [-0.39, 0.29) is 19.0 Å². The van der Waals surface area contributed by atoms with E-state index in [0.29, 0.717) is 5.69 Å². The lowest BCUT2D eigenvalue weighted by molar-refractivity contribution is -0.137. The zero-order chi connectivity index (χ0) is 16.1. The molecule has 2 amide bonds. The van der Waals surface area contributed by atoms with Crippen molar-refractivity contribution < 1.29 is 14.7 Å². The molecule has 1 heterocycles. The minimum atomic E-state index is -0.932. The Morgan fingerprint density at radius 1 is 1.27 bits per heavy atom. The number of aromatic nitrogens is 2. The molecule has 2 aromatic rings. The van der Waals surface area contributed by atoms with Gasteiger partial charge in [0.1, 0.15) is 0 Å². The number of aryl methyl sites for hydroxylation is 1. The number of carboxylic acids is 1. The Hall–Kier alpha value is -2.83. The van der Waals surface area contributed by atoms with E-state index in [1.54, 1.807) is 23.9 Å². The SMILES string of the molecule is Cc1ccn(-c2ccc(NC(=O)N(C)CCC(=O)O)cc2)n1. The second-order valence-corrected chi connectivity index (χ2v) is 4.94. The van der Waals surface area contributed by atoms with Crippen LogP contribution in [-0.4, -0.2) is 45.4 Å². The standard InChI is InChI=1S/C15H18N4O3/c1-11-7-10-19(17-11)13-5-3-12(4-6-13)16-15(22)18(2)9-8-14(20)21/h3-7,10H,8-9H2,1-2H3,(H,16,22)(H,20,21). The van der Waals surface area contributed by atoms with Gasteiger partial charge in [0.05, 0.1) is 17.8 Å². The fourth-order valence-electron chi connectivity index (χ4n) is 1.84. The van der Waals surface area contributed by atoms with Gasteiger partial charge in [-0.1, -0.05) is 0 Å². The van der Waals surface area contributed by atoms with Crippen molar-refractivity contribution in [1.82, 2.24) is 14.7 Å². The maximum atomic E-state index is 11.9. The zero-order valence-corrected chi connectivity index (χ0v) is 12.5. The van der Waals surface area contributed by atoms with E-state index in [9.17, 15) is 9.59 Å². The maximum absolute atomic E-state index is 11.9.